The van der Waals surface area contributed by atoms with E-state index in [2.05, 4.69) is 15.0 Å². The summed E-state index contributed by atoms with van der Waals surface area (Å²) in [6.07, 6.45) is 9.65. The molecule has 4 heterocycles. The number of pyridine rings is 1. The molecule has 0 unspecified atom stereocenters. The van der Waals surface area contributed by atoms with Crippen LogP contribution in [-0.4, -0.2) is 68.8 Å². The smallest absolute Gasteiger partial charge is 0.257 e. The molecule has 1 amide bonds. The molecule has 0 spiro atoms. The summed E-state index contributed by atoms with van der Waals surface area (Å²) in [6, 6.07) is 14.3. The van der Waals surface area contributed by atoms with Gasteiger partial charge in [0.1, 0.15) is 11.9 Å². The number of ether oxygens (including phenoxy) is 1. The zero-order valence-corrected chi connectivity index (χ0v) is 19.1. The van der Waals surface area contributed by atoms with Gasteiger partial charge in [0.05, 0.1) is 23.1 Å². The maximum absolute atomic E-state index is 13.2. The third-order valence-corrected chi connectivity index (χ3v) is 6.94. The number of aromatic nitrogens is 3. The number of benzene rings is 1. The molecule has 2 aliphatic heterocycles. The van der Waals surface area contributed by atoms with Crippen molar-refractivity contribution in [2.75, 3.05) is 26.2 Å². The number of nitrogens with zero attached hydrogens (tertiary/aromatic N) is 5. The third-order valence-electron chi connectivity index (χ3n) is 6.94. The molecule has 33 heavy (non-hydrogen) atoms. The Kier molecular flexibility index (Phi) is 6.39. The first kappa shape index (κ1) is 21.6. The number of amides is 1. The quantitative estimate of drug-likeness (QED) is 0.599. The van der Waals surface area contributed by atoms with E-state index in [-0.39, 0.29) is 12.0 Å². The predicted molar refractivity (Wildman–Crippen MR) is 127 cm³/mol. The molecule has 2 fully saturated rings. The molecule has 1 aromatic carbocycles. The van der Waals surface area contributed by atoms with Gasteiger partial charge in [-0.05, 0) is 56.9 Å². The molecular formula is C26H31N5O2. The molecule has 5 rings (SSSR count). The Balaban J connectivity index is 1.13. The first-order chi connectivity index (χ1) is 16.2. The lowest BCUT2D eigenvalue weighted by atomic mass is 9.98. The van der Waals surface area contributed by atoms with Crippen molar-refractivity contribution in [2.45, 2.75) is 44.8 Å². The standard InChI is InChI=1S/C26H31N5O2/c1-20-25(19-28-31(20)22-5-3-2-4-6-22)26(32)30-15-9-21(10-16-30)29-17-11-24(12-18-29)33-23-7-13-27-14-8-23/h2-8,13-14,19,21,24H,9-12,15-18H2,1H3. The first-order valence-electron chi connectivity index (χ1n) is 11.9. The Hall–Kier alpha value is -3.19. The fraction of sp³-hybridized carbons (Fsp3) is 0.423. The van der Waals surface area contributed by atoms with Crippen LogP contribution in [0.4, 0.5) is 0 Å². The van der Waals surface area contributed by atoms with Crippen LogP contribution >= 0.6 is 0 Å². The average Bonchev–Trinajstić information content (AvgIpc) is 3.26. The van der Waals surface area contributed by atoms with Crippen molar-refractivity contribution in [1.82, 2.24) is 24.6 Å². The van der Waals surface area contributed by atoms with Crippen molar-refractivity contribution in [3.05, 3.63) is 72.3 Å². The molecule has 2 saturated heterocycles. The summed E-state index contributed by atoms with van der Waals surface area (Å²) in [5.41, 5.74) is 2.57. The Morgan fingerprint density at radius 3 is 2.33 bits per heavy atom. The van der Waals surface area contributed by atoms with Crippen LogP contribution in [0.15, 0.2) is 61.1 Å². The number of hydrogen-bond donors (Lipinski definition) is 0. The zero-order chi connectivity index (χ0) is 22.6. The largest absolute Gasteiger partial charge is 0.490 e. The van der Waals surface area contributed by atoms with Gasteiger partial charge in [-0.3, -0.25) is 14.7 Å². The lowest BCUT2D eigenvalue weighted by Crippen LogP contribution is -2.50. The number of carbonyl (C=O) groups excluding carboxylic acids is 1. The maximum atomic E-state index is 13.2. The second-order valence-electron chi connectivity index (χ2n) is 8.95. The van der Waals surface area contributed by atoms with E-state index in [1.165, 1.54) is 0 Å². The van der Waals surface area contributed by atoms with E-state index in [1.54, 1.807) is 18.6 Å². The Morgan fingerprint density at radius 2 is 1.64 bits per heavy atom. The van der Waals surface area contributed by atoms with Crippen LogP contribution in [-0.2, 0) is 0 Å². The van der Waals surface area contributed by atoms with Gasteiger partial charge in [0.2, 0.25) is 0 Å². The second kappa shape index (κ2) is 9.75. The normalized spacial score (nSPS) is 18.4. The lowest BCUT2D eigenvalue weighted by molar-refractivity contribution is 0.0425. The molecule has 172 valence electrons. The first-order valence-corrected chi connectivity index (χ1v) is 11.9. The molecule has 7 nitrogen and oxygen atoms in total. The molecule has 7 heteroatoms. The third kappa shape index (κ3) is 4.78. The van der Waals surface area contributed by atoms with Crippen LogP contribution in [0.25, 0.3) is 5.69 Å². The van der Waals surface area contributed by atoms with E-state index in [0.29, 0.717) is 11.6 Å². The van der Waals surface area contributed by atoms with Gasteiger partial charge in [0.15, 0.2) is 0 Å². The fourth-order valence-corrected chi connectivity index (χ4v) is 5.02. The number of para-hydroxylation sites is 1. The second-order valence-corrected chi connectivity index (χ2v) is 8.95. The van der Waals surface area contributed by atoms with Crippen molar-refractivity contribution < 1.29 is 9.53 Å². The molecule has 0 N–H and O–H groups in total. The summed E-state index contributed by atoms with van der Waals surface area (Å²) in [7, 11) is 0. The topological polar surface area (TPSA) is 63.5 Å². The van der Waals surface area contributed by atoms with Crippen LogP contribution in [0, 0.1) is 6.92 Å². The summed E-state index contributed by atoms with van der Waals surface area (Å²) in [6.45, 7) is 5.67. The van der Waals surface area contributed by atoms with E-state index < -0.39 is 0 Å². The Bertz CT molecular complexity index is 1050. The van der Waals surface area contributed by atoms with Gasteiger partial charge in [-0.15, -0.1) is 0 Å². The SMILES string of the molecule is Cc1c(C(=O)N2CCC(N3CCC(Oc4ccncc4)CC3)CC2)cnn1-c1ccccc1. The summed E-state index contributed by atoms with van der Waals surface area (Å²) >= 11 is 0. The summed E-state index contributed by atoms with van der Waals surface area (Å²) in [5.74, 6) is 0.999. The van der Waals surface area contributed by atoms with Crippen LogP contribution in [0.3, 0.4) is 0 Å². The number of hydrogen-bond acceptors (Lipinski definition) is 5. The van der Waals surface area contributed by atoms with Crippen molar-refractivity contribution in [1.29, 1.82) is 0 Å². The minimum absolute atomic E-state index is 0.0950. The maximum Gasteiger partial charge on any atom is 0.257 e. The highest BCUT2D eigenvalue weighted by Crippen LogP contribution is 2.25. The predicted octanol–water partition coefficient (Wildman–Crippen LogP) is 3.72. The van der Waals surface area contributed by atoms with Crippen molar-refractivity contribution in [2.24, 2.45) is 0 Å². The van der Waals surface area contributed by atoms with Gasteiger partial charge in [0, 0.05) is 44.6 Å². The number of likely N-dealkylation sites (tertiary alicyclic amines) is 2. The number of rotatable bonds is 5. The molecule has 3 aromatic rings. The van der Waals surface area contributed by atoms with Gasteiger partial charge in [-0.1, -0.05) is 18.2 Å². The molecule has 2 aliphatic rings. The molecule has 2 aromatic heterocycles. The molecule has 0 radical (unpaired) electrons. The highest BCUT2D eigenvalue weighted by molar-refractivity contribution is 5.95. The van der Waals surface area contributed by atoms with Gasteiger partial charge < -0.3 is 9.64 Å². The lowest BCUT2D eigenvalue weighted by Gasteiger charge is -2.41. The van der Waals surface area contributed by atoms with Crippen molar-refractivity contribution in [3.63, 3.8) is 0 Å². The van der Waals surface area contributed by atoms with E-state index in [9.17, 15) is 4.79 Å². The fourth-order valence-electron chi connectivity index (χ4n) is 5.02. The summed E-state index contributed by atoms with van der Waals surface area (Å²) in [4.78, 5) is 21.8. The van der Waals surface area contributed by atoms with Gasteiger partial charge >= 0.3 is 0 Å². The Morgan fingerprint density at radius 1 is 0.939 bits per heavy atom. The minimum atomic E-state index is 0.0950. The van der Waals surface area contributed by atoms with Crippen LogP contribution < -0.4 is 4.74 Å². The summed E-state index contributed by atoms with van der Waals surface area (Å²) in [5, 5.41) is 4.47. The highest BCUT2D eigenvalue weighted by Gasteiger charge is 2.31. The van der Waals surface area contributed by atoms with Crippen LogP contribution in [0.2, 0.25) is 0 Å². The van der Waals surface area contributed by atoms with E-state index in [1.807, 2.05) is 59.0 Å². The molecule has 0 atom stereocenters. The van der Waals surface area contributed by atoms with Crippen LogP contribution in [0.1, 0.15) is 41.7 Å². The van der Waals surface area contributed by atoms with Crippen molar-refractivity contribution >= 4 is 5.91 Å². The molecule has 0 saturated carbocycles. The van der Waals surface area contributed by atoms with E-state index in [0.717, 1.165) is 69.0 Å². The number of piperidine rings is 2. The highest BCUT2D eigenvalue weighted by atomic mass is 16.5. The zero-order valence-electron chi connectivity index (χ0n) is 19.1. The van der Waals surface area contributed by atoms with Gasteiger partial charge in [-0.25, -0.2) is 4.68 Å². The van der Waals surface area contributed by atoms with E-state index in [4.69, 9.17) is 4.74 Å². The monoisotopic (exact) mass is 445 g/mol. The van der Waals surface area contributed by atoms with Gasteiger partial charge in [0.25, 0.3) is 5.91 Å². The van der Waals surface area contributed by atoms with Crippen molar-refractivity contribution in [3.8, 4) is 11.4 Å². The Labute approximate surface area is 195 Å². The van der Waals surface area contributed by atoms with Crippen LogP contribution in [0.5, 0.6) is 5.75 Å². The molecule has 0 bridgehead atoms. The van der Waals surface area contributed by atoms with Gasteiger partial charge in [-0.2, -0.15) is 5.10 Å². The average molecular weight is 446 g/mol. The molecular weight excluding hydrogens is 414 g/mol. The summed E-state index contributed by atoms with van der Waals surface area (Å²) < 4.78 is 7.95. The minimum Gasteiger partial charge on any atom is -0.490 e. The molecule has 0 aliphatic carbocycles. The van der Waals surface area contributed by atoms with E-state index >= 15 is 0 Å². The number of carbonyl (C=O) groups is 1.